The van der Waals surface area contributed by atoms with Crippen molar-refractivity contribution in [2.75, 3.05) is 27.4 Å². The van der Waals surface area contributed by atoms with Gasteiger partial charge in [-0.3, -0.25) is 4.79 Å². The van der Waals surface area contributed by atoms with Crippen molar-refractivity contribution in [3.05, 3.63) is 29.8 Å². The number of methoxy groups -OCH3 is 2. The summed E-state index contributed by atoms with van der Waals surface area (Å²) in [6.07, 6.45) is 1.17. The standard InChI is InChI=1S/C16H22N2O4/c1-16(15(19)17-9-6-10-20-2)11-13(18-22-16)12-7-4-5-8-14(12)21-3/h4-5,7-8H,6,9-11H2,1-3H3,(H,17,19). The molecule has 1 unspecified atom stereocenters. The highest BCUT2D eigenvalue weighted by molar-refractivity contribution is 6.07. The summed E-state index contributed by atoms with van der Waals surface area (Å²) in [5.41, 5.74) is 0.580. The third-order valence-corrected chi connectivity index (χ3v) is 3.57. The van der Waals surface area contributed by atoms with Gasteiger partial charge in [0.25, 0.3) is 5.91 Å². The molecule has 1 aliphatic heterocycles. The third-order valence-electron chi connectivity index (χ3n) is 3.57. The topological polar surface area (TPSA) is 69.2 Å². The van der Waals surface area contributed by atoms with Crippen LogP contribution in [0.3, 0.4) is 0 Å². The quantitative estimate of drug-likeness (QED) is 0.779. The van der Waals surface area contributed by atoms with E-state index in [1.807, 2.05) is 24.3 Å². The molecular formula is C16H22N2O4. The summed E-state index contributed by atoms with van der Waals surface area (Å²) in [5.74, 6) is 0.548. The van der Waals surface area contributed by atoms with E-state index in [0.717, 1.165) is 17.7 Å². The van der Waals surface area contributed by atoms with Gasteiger partial charge in [0.15, 0.2) is 0 Å². The van der Waals surface area contributed by atoms with E-state index in [2.05, 4.69) is 10.5 Å². The molecule has 1 aliphatic rings. The molecular weight excluding hydrogens is 284 g/mol. The summed E-state index contributed by atoms with van der Waals surface area (Å²) in [7, 11) is 3.24. The average Bonchev–Trinajstić information content (AvgIpc) is 2.95. The Hall–Kier alpha value is -2.08. The fourth-order valence-electron chi connectivity index (χ4n) is 2.29. The molecule has 0 saturated carbocycles. The molecule has 120 valence electrons. The first-order valence-electron chi connectivity index (χ1n) is 7.26. The van der Waals surface area contributed by atoms with Crippen molar-refractivity contribution in [2.45, 2.75) is 25.4 Å². The Balaban J connectivity index is 1.99. The predicted octanol–water partition coefficient (Wildman–Crippen LogP) is 1.73. The smallest absolute Gasteiger partial charge is 0.267 e. The molecule has 0 aromatic heterocycles. The number of oxime groups is 1. The van der Waals surface area contributed by atoms with E-state index >= 15 is 0 Å². The summed E-state index contributed by atoms with van der Waals surface area (Å²) in [5, 5.41) is 6.94. The Labute approximate surface area is 130 Å². The minimum Gasteiger partial charge on any atom is -0.496 e. The zero-order valence-electron chi connectivity index (χ0n) is 13.2. The summed E-state index contributed by atoms with van der Waals surface area (Å²) in [6.45, 7) is 2.90. The number of nitrogens with zero attached hydrogens (tertiary/aromatic N) is 1. The molecule has 1 heterocycles. The Morgan fingerprint density at radius 1 is 1.41 bits per heavy atom. The molecule has 1 atom stereocenters. The van der Waals surface area contributed by atoms with Crippen LogP contribution in [0.2, 0.25) is 0 Å². The Bertz CT molecular complexity index is 559. The van der Waals surface area contributed by atoms with Crippen molar-refractivity contribution in [2.24, 2.45) is 5.16 Å². The molecule has 1 amide bonds. The van der Waals surface area contributed by atoms with Crippen LogP contribution in [-0.4, -0.2) is 44.6 Å². The molecule has 0 radical (unpaired) electrons. The van der Waals surface area contributed by atoms with E-state index in [1.165, 1.54) is 0 Å². The molecule has 0 bridgehead atoms. The van der Waals surface area contributed by atoms with E-state index in [9.17, 15) is 4.79 Å². The number of ether oxygens (including phenoxy) is 2. The van der Waals surface area contributed by atoms with Crippen molar-refractivity contribution in [1.29, 1.82) is 0 Å². The number of carbonyl (C=O) groups is 1. The maximum absolute atomic E-state index is 12.3. The van der Waals surface area contributed by atoms with Gasteiger partial charge in [-0.1, -0.05) is 17.3 Å². The van der Waals surface area contributed by atoms with E-state index in [4.69, 9.17) is 14.3 Å². The second-order valence-electron chi connectivity index (χ2n) is 5.34. The van der Waals surface area contributed by atoms with Gasteiger partial charge in [-0.05, 0) is 25.5 Å². The van der Waals surface area contributed by atoms with Crippen LogP contribution in [0.25, 0.3) is 0 Å². The van der Waals surface area contributed by atoms with E-state index in [0.29, 0.717) is 25.3 Å². The fourth-order valence-corrected chi connectivity index (χ4v) is 2.29. The number of hydrogen-bond donors (Lipinski definition) is 1. The SMILES string of the molecule is COCCCNC(=O)C1(C)CC(c2ccccc2OC)=NO1. The molecule has 0 aliphatic carbocycles. The Morgan fingerprint density at radius 2 is 2.18 bits per heavy atom. The number of hydrogen-bond acceptors (Lipinski definition) is 5. The molecule has 2 rings (SSSR count). The van der Waals surface area contributed by atoms with Crippen LogP contribution >= 0.6 is 0 Å². The van der Waals surface area contributed by atoms with Crippen molar-refractivity contribution < 1.29 is 19.1 Å². The fraction of sp³-hybridized carbons (Fsp3) is 0.500. The molecule has 22 heavy (non-hydrogen) atoms. The minimum atomic E-state index is -0.983. The highest BCUT2D eigenvalue weighted by Gasteiger charge is 2.42. The number of para-hydroxylation sites is 1. The number of nitrogens with one attached hydrogen (secondary N) is 1. The Morgan fingerprint density at radius 3 is 2.91 bits per heavy atom. The maximum atomic E-state index is 12.3. The van der Waals surface area contributed by atoms with Gasteiger partial charge in [0.05, 0.1) is 12.8 Å². The van der Waals surface area contributed by atoms with Crippen molar-refractivity contribution in [3.8, 4) is 5.75 Å². The number of benzene rings is 1. The van der Waals surface area contributed by atoms with Gasteiger partial charge in [0, 0.05) is 32.2 Å². The molecule has 1 aromatic rings. The zero-order chi connectivity index (χ0) is 16.0. The highest BCUT2D eigenvalue weighted by Crippen LogP contribution is 2.30. The average molecular weight is 306 g/mol. The van der Waals surface area contributed by atoms with Crippen LogP contribution in [0.15, 0.2) is 29.4 Å². The minimum absolute atomic E-state index is 0.169. The Kier molecular flexibility index (Phi) is 5.38. The van der Waals surface area contributed by atoms with E-state index < -0.39 is 5.60 Å². The van der Waals surface area contributed by atoms with Gasteiger partial charge in [0.2, 0.25) is 5.60 Å². The molecule has 0 saturated heterocycles. The summed E-state index contributed by atoms with van der Waals surface area (Å²) >= 11 is 0. The van der Waals surface area contributed by atoms with Gasteiger partial charge < -0.3 is 19.6 Å². The highest BCUT2D eigenvalue weighted by atomic mass is 16.7. The van der Waals surface area contributed by atoms with Crippen LogP contribution in [0, 0.1) is 0 Å². The van der Waals surface area contributed by atoms with Crippen LogP contribution in [0.1, 0.15) is 25.3 Å². The molecule has 0 spiro atoms. The van der Waals surface area contributed by atoms with Gasteiger partial charge in [-0.2, -0.15) is 0 Å². The molecule has 0 fully saturated rings. The van der Waals surface area contributed by atoms with Gasteiger partial charge in [0.1, 0.15) is 5.75 Å². The first kappa shape index (κ1) is 16.3. The largest absolute Gasteiger partial charge is 0.496 e. The lowest BCUT2D eigenvalue weighted by Crippen LogP contribution is -2.45. The monoisotopic (exact) mass is 306 g/mol. The van der Waals surface area contributed by atoms with Gasteiger partial charge >= 0.3 is 0 Å². The lowest BCUT2D eigenvalue weighted by atomic mass is 9.94. The van der Waals surface area contributed by atoms with Crippen molar-refractivity contribution >= 4 is 11.6 Å². The third kappa shape index (κ3) is 3.57. The van der Waals surface area contributed by atoms with Gasteiger partial charge in [-0.25, -0.2) is 0 Å². The molecule has 6 heteroatoms. The molecule has 1 aromatic carbocycles. The second kappa shape index (κ2) is 7.26. The van der Waals surface area contributed by atoms with E-state index in [-0.39, 0.29) is 5.91 Å². The summed E-state index contributed by atoms with van der Waals surface area (Å²) < 4.78 is 10.3. The van der Waals surface area contributed by atoms with Crippen LogP contribution in [0.5, 0.6) is 5.75 Å². The van der Waals surface area contributed by atoms with Crippen LogP contribution in [-0.2, 0) is 14.4 Å². The summed E-state index contributed by atoms with van der Waals surface area (Å²) in [4.78, 5) is 17.7. The first-order valence-corrected chi connectivity index (χ1v) is 7.26. The summed E-state index contributed by atoms with van der Waals surface area (Å²) in [6, 6.07) is 7.56. The number of carbonyl (C=O) groups excluding carboxylic acids is 1. The lowest BCUT2D eigenvalue weighted by Gasteiger charge is -2.20. The van der Waals surface area contributed by atoms with Crippen LogP contribution < -0.4 is 10.1 Å². The van der Waals surface area contributed by atoms with Crippen molar-refractivity contribution in [3.63, 3.8) is 0 Å². The van der Waals surface area contributed by atoms with Crippen molar-refractivity contribution in [1.82, 2.24) is 5.32 Å². The normalized spacial score (nSPS) is 20.2. The molecule has 1 N–H and O–H groups in total. The number of amides is 1. The maximum Gasteiger partial charge on any atom is 0.267 e. The zero-order valence-corrected chi connectivity index (χ0v) is 13.2. The second-order valence-corrected chi connectivity index (χ2v) is 5.34. The first-order chi connectivity index (χ1) is 10.6. The lowest BCUT2D eigenvalue weighted by molar-refractivity contribution is -0.141. The number of rotatable bonds is 7. The van der Waals surface area contributed by atoms with E-state index in [1.54, 1.807) is 21.1 Å². The van der Waals surface area contributed by atoms with Crippen LogP contribution in [0.4, 0.5) is 0 Å². The predicted molar refractivity (Wildman–Crippen MR) is 83.1 cm³/mol. The molecule has 6 nitrogen and oxygen atoms in total. The van der Waals surface area contributed by atoms with Gasteiger partial charge in [-0.15, -0.1) is 0 Å².